The van der Waals surface area contributed by atoms with Gasteiger partial charge in [0.15, 0.2) is 0 Å². The van der Waals surface area contributed by atoms with Gasteiger partial charge < -0.3 is 9.55 Å². The minimum absolute atomic E-state index is 0.207. The first-order chi connectivity index (χ1) is 59.3. The Labute approximate surface area is 710 Å². The Bertz CT molecular complexity index is 7450. The number of benzene rings is 18. The topological polar surface area (TPSA) is 63.9 Å². The number of nitrogens with zero attached hydrogens (tertiary/aromatic N) is 2. The van der Waals surface area contributed by atoms with E-state index in [-0.39, 0.29) is 16.5 Å². The fourth-order valence-electron chi connectivity index (χ4n) is 21.1. The summed E-state index contributed by atoms with van der Waals surface area (Å²) in [6.45, 7) is 0. The predicted molar refractivity (Wildman–Crippen MR) is 515 cm³/mol. The van der Waals surface area contributed by atoms with Crippen LogP contribution in [0.5, 0.6) is 0 Å². The van der Waals surface area contributed by atoms with E-state index < -0.39 is 0 Å². The standard InChI is InChI=1S/C40H25N.C34H29NO2.C34H21N.C6H7I/c1-4-12-26(13-5-1)34-25-35(27-14-6-2-7-15-27)32-22-23-33-38-28(20-21-31(34)39(32)38)24-36-30-18-10-11-19-37(30)41(40(33)36)29-16-8-3-9-17-29;36-35(37)32-14-8-7-13-27(32)26-19-24-15-17-28-30(22-9-3-1-4-10-22)21-31(23-11-5-2-6-12-23)29-18-16-25(20-26)33(24)34(28)29;1-3-9-21(10-4-1)28-20-29(22-11-5-2-6-12-22)26-17-18-27-32-23(15-16-25(28)33(26)32)19-30-24-13-7-8-14-31(24)35-34(27)30;7-6-4-2-1-3-5-6/h1-25H;1-19,24-25,29,31,33-34H,20-21H2;1-20,35H;1-2,4H,3,5H2. The molecule has 6 atom stereocenters. The van der Waals surface area contributed by atoms with E-state index >= 15 is 0 Å². The molecular formula is C114H82IN3O2. The Kier molecular flexibility index (Phi) is 18.5. The van der Waals surface area contributed by atoms with E-state index in [2.05, 4.69) is 414 Å². The van der Waals surface area contributed by atoms with Gasteiger partial charge in [-0.1, -0.05) is 346 Å². The van der Waals surface area contributed by atoms with Crippen molar-refractivity contribution in [3.05, 3.63) is 442 Å². The molecule has 18 aromatic carbocycles. The third-order valence-corrected chi connectivity index (χ3v) is 27.2. The van der Waals surface area contributed by atoms with Gasteiger partial charge in [0.2, 0.25) is 0 Å². The zero-order valence-corrected chi connectivity index (χ0v) is 68.2. The highest BCUT2D eigenvalue weighted by Gasteiger charge is 2.50. The van der Waals surface area contributed by atoms with E-state index in [1.165, 1.54) is 197 Å². The number of allylic oxidation sites excluding steroid dienone is 12. The van der Waals surface area contributed by atoms with Crippen molar-refractivity contribution in [2.75, 3.05) is 0 Å². The third-order valence-electron chi connectivity index (χ3n) is 26.3. The Morgan fingerprint density at radius 2 is 0.917 bits per heavy atom. The van der Waals surface area contributed by atoms with E-state index in [9.17, 15) is 10.1 Å². The zero-order chi connectivity index (χ0) is 79.9. The summed E-state index contributed by atoms with van der Waals surface area (Å²) in [6, 6.07) is 129. The van der Waals surface area contributed by atoms with E-state index in [1.807, 2.05) is 12.1 Å². The van der Waals surface area contributed by atoms with Crippen LogP contribution in [0.25, 0.3) is 170 Å². The molecule has 5 aliphatic carbocycles. The third kappa shape index (κ3) is 12.6. The molecule has 0 aliphatic heterocycles. The van der Waals surface area contributed by atoms with Crippen LogP contribution in [0, 0.1) is 39.7 Å². The van der Waals surface area contributed by atoms with Crippen molar-refractivity contribution < 1.29 is 4.92 Å². The summed E-state index contributed by atoms with van der Waals surface area (Å²) in [5.41, 5.74) is 24.0. The number of H-pyrrole nitrogens is 1. The van der Waals surface area contributed by atoms with Crippen LogP contribution in [-0.2, 0) is 0 Å². The van der Waals surface area contributed by atoms with Crippen molar-refractivity contribution in [1.82, 2.24) is 9.55 Å². The molecule has 20 aromatic rings. The molecule has 25 rings (SSSR count). The number of nitrogens with one attached hydrogen (secondary N) is 1. The SMILES string of the molecule is IC1=CC=CCC1.O=[N+]([O-])c1ccccc1C1=CC2C=CC3=C(c4ccccc4)CC(c4ccccc4)C4C=CC(C1)C2C34.c1ccc(-c2cc(-c3ccccc3)c3ccc4c5[nH]c6ccccc6c5cc5ccc2c3c54)cc1.c1ccc(-c2cc(-c3ccccc3)c3ccc4c5c(ccc2c35)cc2c3ccccc3n(-c3ccccc3)c24)cc1. The van der Waals surface area contributed by atoms with Gasteiger partial charge in [-0.05, 0) is 268 Å². The van der Waals surface area contributed by atoms with Gasteiger partial charge in [-0.15, -0.1) is 0 Å². The Balaban J connectivity index is 0.000000104. The number of aromatic nitrogens is 2. The lowest BCUT2D eigenvalue weighted by Crippen LogP contribution is -2.44. The van der Waals surface area contributed by atoms with Gasteiger partial charge in [-0.3, -0.25) is 10.1 Å². The largest absolute Gasteiger partial charge is 0.354 e. The van der Waals surface area contributed by atoms with E-state index in [1.54, 1.807) is 12.1 Å². The summed E-state index contributed by atoms with van der Waals surface area (Å²) in [5.74, 6) is 2.47. The van der Waals surface area contributed by atoms with Gasteiger partial charge in [0.05, 0.1) is 27.0 Å². The minimum atomic E-state index is -0.246. The molecule has 0 saturated heterocycles. The molecule has 5 aliphatic rings. The Morgan fingerprint density at radius 3 is 1.49 bits per heavy atom. The van der Waals surface area contributed by atoms with E-state index in [4.69, 9.17) is 0 Å². The summed E-state index contributed by atoms with van der Waals surface area (Å²) >= 11 is 2.37. The smallest absolute Gasteiger partial charge is 0.276 e. The number of halogens is 1. The molecule has 5 nitrogen and oxygen atoms in total. The first kappa shape index (κ1) is 72.7. The fraction of sp³-hybridized carbons (Fsp3) is 0.0877. The van der Waals surface area contributed by atoms with Crippen molar-refractivity contribution in [3.63, 3.8) is 0 Å². The molecule has 2 heterocycles. The second-order valence-electron chi connectivity index (χ2n) is 32.8. The predicted octanol–water partition coefficient (Wildman–Crippen LogP) is 31.5. The van der Waals surface area contributed by atoms with Gasteiger partial charge >= 0.3 is 0 Å². The highest BCUT2D eigenvalue weighted by atomic mass is 127. The van der Waals surface area contributed by atoms with Crippen LogP contribution in [0.2, 0.25) is 0 Å². The van der Waals surface area contributed by atoms with Crippen molar-refractivity contribution in [2.24, 2.45) is 29.6 Å². The molecule has 572 valence electrons. The molecular weight excluding hydrogens is 1570 g/mol. The normalized spacial score (nSPS) is 17.8. The molecule has 6 heteroatoms. The second-order valence-corrected chi connectivity index (χ2v) is 34.2. The quantitative estimate of drug-likeness (QED) is 0.0515. The lowest BCUT2D eigenvalue weighted by atomic mass is 9.51. The molecule has 6 unspecified atom stereocenters. The number of nitro benzene ring substituents is 1. The van der Waals surface area contributed by atoms with Crippen molar-refractivity contribution in [1.29, 1.82) is 0 Å². The van der Waals surface area contributed by atoms with Crippen molar-refractivity contribution in [2.45, 2.75) is 31.6 Å². The number of fused-ring (bicyclic) bond motifs is 8. The molecule has 0 radical (unpaired) electrons. The number of para-hydroxylation sites is 4. The maximum Gasteiger partial charge on any atom is 0.276 e. The van der Waals surface area contributed by atoms with Crippen molar-refractivity contribution in [3.8, 4) is 50.2 Å². The Hall–Kier alpha value is -13.8. The molecule has 1 N–H and O–H groups in total. The minimum Gasteiger partial charge on any atom is -0.354 e. The highest BCUT2D eigenvalue weighted by molar-refractivity contribution is 14.1. The summed E-state index contributed by atoms with van der Waals surface area (Å²) in [6.07, 6.45) is 22.9. The highest BCUT2D eigenvalue weighted by Crippen LogP contribution is 2.61. The van der Waals surface area contributed by atoms with Crippen LogP contribution in [0.4, 0.5) is 5.69 Å². The van der Waals surface area contributed by atoms with Crippen LogP contribution >= 0.6 is 22.6 Å². The molecule has 0 bridgehead atoms. The van der Waals surface area contributed by atoms with Crippen molar-refractivity contribution >= 4 is 148 Å². The van der Waals surface area contributed by atoms with Gasteiger partial charge in [0.25, 0.3) is 5.69 Å². The number of hydrogen-bond acceptors (Lipinski definition) is 2. The van der Waals surface area contributed by atoms with Crippen LogP contribution < -0.4 is 0 Å². The van der Waals surface area contributed by atoms with Gasteiger partial charge in [0, 0.05) is 49.6 Å². The van der Waals surface area contributed by atoms with Gasteiger partial charge in [-0.2, -0.15) is 0 Å². The number of aromatic amines is 1. The second kappa shape index (κ2) is 30.6. The van der Waals surface area contributed by atoms with Crippen LogP contribution in [-0.4, -0.2) is 14.5 Å². The molecule has 2 aromatic heterocycles. The lowest BCUT2D eigenvalue weighted by Gasteiger charge is -2.52. The first-order valence-electron chi connectivity index (χ1n) is 42.1. The average molecular weight is 1650 g/mol. The zero-order valence-electron chi connectivity index (χ0n) is 66.1. The first-order valence-corrected chi connectivity index (χ1v) is 43.1. The molecule has 0 fully saturated rings. The summed E-state index contributed by atoms with van der Waals surface area (Å²) in [5, 5.41) is 32.7. The Morgan fingerprint density at radius 1 is 0.417 bits per heavy atom. The summed E-state index contributed by atoms with van der Waals surface area (Å²) in [4.78, 5) is 15.3. The number of nitro groups is 1. The van der Waals surface area contributed by atoms with Crippen LogP contribution in [0.1, 0.15) is 48.3 Å². The lowest BCUT2D eigenvalue weighted by molar-refractivity contribution is -0.385. The van der Waals surface area contributed by atoms with E-state index in [0.717, 1.165) is 24.0 Å². The summed E-state index contributed by atoms with van der Waals surface area (Å²) < 4.78 is 3.92. The van der Waals surface area contributed by atoms with E-state index in [0.29, 0.717) is 29.6 Å². The molecule has 0 amide bonds. The maximum atomic E-state index is 11.8. The molecule has 0 saturated carbocycles. The van der Waals surface area contributed by atoms with Gasteiger partial charge in [-0.25, -0.2) is 0 Å². The fourth-order valence-corrected chi connectivity index (χ4v) is 21.7. The molecule has 120 heavy (non-hydrogen) atoms. The van der Waals surface area contributed by atoms with Crippen LogP contribution in [0.15, 0.2) is 416 Å². The summed E-state index contributed by atoms with van der Waals surface area (Å²) in [7, 11) is 0. The molecule has 0 spiro atoms. The maximum absolute atomic E-state index is 11.8. The van der Waals surface area contributed by atoms with Crippen LogP contribution in [0.3, 0.4) is 0 Å². The van der Waals surface area contributed by atoms with Gasteiger partial charge in [0.1, 0.15) is 0 Å². The number of hydrogen-bond donors (Lipinski definition) is 1. The number of rotatable bonds is 9. The monoisotopic (exact) mass is 1650 g/mol. The average Bonchev–Trinajstić information content (AvgIpc) is 1.23.